The summed E-state index contributed by atoms with van der Waals surface area (Å²) in [6.45, 7) is 0.505. The number of carbonyl (C=O) groups is 3. The van der Waals surface area contributed by atoms with Crippen LogP contribution in [0.15, 0.2) is 41.0 Å². The van der Waals surface area contributed by atoms with Crippen LogP contribution in [0.25, 0.3) is 0 Å². The maximum absolute atomic E-state index is 14.1. The lowest BCUT2D eigenvalue weighted by Gasteiger charge is -2.33. The number of rotatable bonds is 8. The summed E-state index contributed by atoms with van der Waals surface area (Å²) in [7, 11) is -4.46. The van der Waals surface area contributed by atoms with Crippen LogP contribution in [-0.4, -0.2) is 65.5 Å². The van der Waals surface area contributed by atoms with E-state index in [-0.39, 0.29) is 34.7 Å². The van der Waals surface area contributed by atoms with Crippen LogP contribution in [0.1, 0.15) is 61.2 Å². The number of Topliss-reactive ketones (excluding diaryl/α,β-unsaturated/α-hetero) is 1. The fourth-order valence-electron chi connectivity index (χ4n) is 4.89. The molecule has 0 radical (unpaired) electrons. The van der Waals surface area contributed by atoms with Crippen molar-refractivity contribution < 1.29 is 22.8 Å². The highest BCUT2D eigenvalue weighted by molar-refractivity contribution is 7.89. The zero-order valence-electron chi connectivity index (χ0n) is 20.0. The van der Waals surface area contributed by atoms with Crippen molar-refractivity contribution in [1.29, 1.82) is 0 Å². The molecule has 0 aromatic carbocycles. The van der Waals surface area contributed by atoms with Crippen molar-refractivity contribution in [3.63, 3.8) is 0 Å². The SMILES string of the molecule is O=C(N[C@@H](CC1CCCCC1)C(=O)N([C@H]1CCCNCC1=O)S(=O)(=O)c1ccccn1)c1nccs1. The molecule has 1 saturated carbocycles. The maximum Gasteiger partial charge on any atom is 0.284 e. The zero-order chi connectivity index (χ0) is 25.5. The second-order valence-electron chi connectivity index (χ2n) is 9.21. The first-order valence-electron chi connectivity index (χ1n) is 12.3. The number of ketones is 1. The number of hydrogen-bond donors (Lipinski definition) is 2. The van der Waals surface area contributed by atoms with Gasteiger partial charge in [-0.2, -0.15) is 8.42 Å². The predicted octanol–water partition coefficient (Wildman–Crippen LogP) is 2.15. The van der Waals surface area contributed by atoms with E-state index in [4.69, 9.17) is 0 Å². The Balaban J connectivity index is 1.72. The second-order valence-corrected chi connectivity index (χ2v) is 11.9. The van der Waals surface area contributed by atoms with E-state index in [9.17, 15) is 22.8 Å². The minimum absolute atomic E-state index is 0.0368. The van der Waals surface area contributed by atoms with E-state index >= 15 is 0 Å². The summed E-state index contributed by atoms with van der Waals surface area (Å²) in [4.78, 5) is 48.1. The molecule has 1 aliphatic heterocycles. The number of hydrogen-bond acceptors (Lipinski definition) is 9. The number of nitrogens with one attached hydrogen (secondary N) is 2. The Morgan fingerprint density at radius 1 is 1.11 bits per heavy atom. The van der Waals surface area contributed by atoms with Crippen LogP contribution >= 0.6 is 11.3 Å². The molecule has 0 bridgehead atoms. The van der Waals surface area contributed by atoms with Crippen molar-refractivity contribution >= 4 is 39.0 Å². The van der Waals surface area contributed by atoms with Gasteiger partial charge in [0, 0.05) is 17.8 Å². The van der Waals surface area contributed by atoms with Gasteiger partial charge < -0.3 is 10.6 Å². The smallest absolute Gasteiger partial charge is 0.284 e. The number of nitrogens with zero attached hydrogens (tertiary/aromatic N) is 3. The molecular weight excluding hydrogens is 502 g/mol. The molecule has 0 unspecified atom stereocenters. The molecule has 36 heavy (non-hydrogen) atoms. The van der Waals surface area contributed by atoms with Crippen molar-refractivity contribution in [2.45, 2.75) is 68.5 Å². The fraction of sp³-hybridized carbons (Fsp3) is 0.542. The van der Waals surface area contributed by atoms with Gasteiger partial charge in [0.2, 0.25) is 0 Å². The highest BCUT2D eigenvalue weighted by Gasteiger charge is 2.44. The molecule has 3 heterocycles. The third-order valence-electron chi connectivity index (χ3n) is 6.69. The Morgan fingerprint density at radius 3 is 2.61 bits per heavy atom. The van der Waals surface area contributed by atoms with Crippen LogP contribution in [-0.2, 0) is 19.6 Å². The first-order valence-corrected chi connectivity index (χ1v) is 14.6. The Bertz CT molecular complexity index is 1150. The average molecular weight is 534 g/mol. The molecule has 2 aromatic heterocycles. The van der Waals surface area contributed by atoms with E-state index in [0.29, 0.717) is 23.7 Å². The summed E-state index contributed by atoms with van der Waals surface area (Å²) in [6, 6.07) is 2.10. The summed E-state index contributed by atoms with van der Waals surface area (Å²) >= 11 is 1.13. The summed E-state index contributed by atoms with van der Waals surface area (Å²) in [5.74, 6) is -1.57. The lowest BCUT2D eigenvalue weighted by Crippen LogP contribution is -2.57. The van der Waals surface area contributed by atoms with Crippen molar-refractivity contribution in [1.82, 2.24) is 24.9 Å². The molecule has 12 heteroatoms. The maximum atomic E-state index is 14.1. The van der Waals surface area contributed by atoms with Crippen LogP contribution in [0.3, 0.4) is 0 Å². The third kappa shape index (κ3) is 6.16. The Morgan fingerprint density at radius 2 is 1.92 bits per heavy atom. The van der Waals surface area contributed by atoms with Gasteiger partial charge in [0.1, 0.15) is 12.1 Å². The van der Waals surface area contributed by atoms with E-state index in [0.717, 1.165) is 43.4 Å². The lowest BCUT2D eigenvalue weighted by molar-refractivity contribution is -0.135. The van der Waals surface area contributed by atoms with E-state index in [1.54, 1.807) is 11.4 Å². The Hall–Kier alpha value is -2.70. The molecule has 1 aliphatic carbocycles. The monoisotopic (exact) mass is 533 g/mol. The van der Waals surface area contributed by atoms with Crippen molar-refractivity contribution in [3.05, 3.63) is 41.0 Å². The van der Waals surface area contributed by atoms with Crippen LogP contribution in [0.2, 0.25) is 0 Å². The second kappa shape index (κ2) is 12.0. The van der Waals surface area contributed by atoms with Gasteiger partial charge in [0.25, 0.3) is 21.8 Å². The predicted molar refractivity (Wildman–Crippen MR) is 134 cm³/mol. The van der Waals surface area contributed by atoms with Gasteiger partial charge in [-0.05, 0) is 43.9 Å². The van der Waals surface area contributed by atoms with Gasteiger partial charge in [-0.1, -0.05) is 38.2 Å². The highest BCUT2D eigenvalue weighted by atomic mass is 32.2. The van der Waals surface area contributed by atoms with Gasteiger partial charge in [-0.25, -0.2) is 14.3 Å². The summed E-state index contributed by atoms with van der Waals surface area (Å²) in [5, 5.41) is 7.26. The first-order chi connectivity index (χ1) is 17.4. The molecule has 2 atom stereocenters. The molecule has 194 valence electrons. The Kier molecular flexibility index (Phi) is 8.81. The number of amides is 2. The van der Waals surface area contributed by atoms with Crippen molar-refractivity contribution in [2.24, 2.45) is 5.92 Å². The van der Waals surface area contributed by atoms with Crippen molar-refractivity contribution in [3.8, 4) is 0 Å². The topological polar surface area (TPSA) is 138 Å². The number of aromatic nitrogens is 2. The number of carbonyl (C=O) groups excluding carboxylic acids is 3. The van der Waals surface area contributed by atoms with E-state index in [1.165, 1.54) is 24.5 Å². The molecule has 2 aliphatic rings. The zero-order valence-corrected chi connectivity index (χ0v) is 21.6. The van der Waals surface area contributed by atoms with Crippen LogP contribution in [0, 0.1) is 5.92 Å². The Labute approximate surface area is 215 Å². The molecule has 2 fully saturated rings. The summed E-state index contributed by atoms with van der Waals surface area (Å²) in [5.41, 5.74) is 0. The van der Waals surface area contributed by atoms with Crippen LogP contribution < -0.4 is 10.6 Å². The average Bonchev–Trinajstić information content (AvgIpc) is 3.35. The van der Waals surface area contributed by atoms with Gasteiger partial charge in [-0.15, -0.1) is 11.3 Å². The molecular formula is C24H31N5O5S2. The van der Waals surface area contributed by atoms with Crippen LogP contribution in [0.4, 0.5) is 0 Å². The molecule has 4 rings (SSSR count). The van der Waals surface area contributed by atoms with Gasteiger partial charge in [0.05, 0.1) is 6.54 Å². The normalized spacial score (nSPS) is 20.3. The minimum Gasteiger partial charge on any atom is -0.338 e. The van der Waals surface area contributed by atoms with Gasteiger partial charge in [-0.3, -0.25) is 14.4 Å². The first kappa shape index (κ1) is 26.4. The lowest BCUT2D eigenvalue weighted by atomic mass is 9.84. The quantitative estimate of drug-likeness (QED) is 0.526. The molecule has 0 spiro atoms. The minimum atomic E-state index is -4.46. The van der Waals surface area contributed by atoms with E-state index < -0.39 is 33.9 Å². The van der Waals surface area contributed by atoms with Crippen LogP contribution in [0.5, 0.6) is 0 Å². The molecule has 2 N–H and O–H groups in total. The number of pyridine rings is 1. The molecule has 2 aromatic rings. The van der Waals surface area contributed by atoms with E-state index in [1.807, 2.05) is 0 Å². The summed E-state index contributed by atoms with van der Waals surface area (Å²) in [6.07, 6.45) is 8.79. The largest absolute Gasteiger partial charge is 0.338 e. The van der Waals surface area contributed by atoms with E-state index in [2.05, 4.69) is 20.6 Å². The molecule has 10 nitrogen and oxygen atoms in total. The fourth-order valence-corrected chi connectivity index (χ4v) is 6.99. The number of sulfonamides is 1. The third-order valence-corrected chi connectivity index (χ3v) is 9.18. The summed E-state index contributed by atoms with van der Waals surface area (Å²) < 4.78 is 28.3. The van der Waals surface area contributed by atoms with Gasteiger partial charge >= 0.3 is 0 Å². The van der Waals surface area contributed by atoms with Gasteiger partial charge in [0.15, 0.2) is 15.8 Å². The highest BCUT2D eigenvalue weighted by Crippen LogP contribution is 2.30. The molecule has 1 saturated heterocycles. The molecule has 2 amide bonds. The van der Waals surface area contributed by atoms with Crippen molar-refractivity contribution in [2.75, 3.05) is 13.1 Å². The number of thiazole rings is 1. The standard InChI is InChI=1S/C24H31N5O5S2/c30-20-16-25-11-6-9-19(20)29(36(33,34)21-10-4-5-12-26-21)24(32)18(15-17-7-2-1-3-8-17)28-22(31)23-27-13-14-35-23/h4-5,10,12-14,17-19,25H,1-3,6-9,11,15-16H2,(H,28,31)/t18-,19-/m0/s1.